The van der Waals surface area contributed by atoms with E-state index in [0.29, 0.717) is 0 Å². The lowest BCUT2D eigenvalue weighted by atomic mass is 10.2. The van der Waals surface area contributed by atoms with Crippen molar-refractivity contribution in [3.63, 3.8) is 0 Å². The minimum Gasteiger partial charge on any atom is -0.341 e. The maximum Gasteiger partial charge on any atom is 0.390 e. The minimum absolute atomic E-state index is 0.0142. The predicted molar refractivity (Wildman–Crippen MR) is 61.7 cm³/mol. The molecule has 0 unspecified atom stereocenters. The molecule has 1 aromatic rings. The second-order valence-corrected chi connectivity index (χ2v) is 4.58. The summed E-state index contributed by atoms with van der Waals surface area (Å²) in [4.78, 5) is 12.6. The average Bonchev–Trinajstić information content (AvgIpc) is 2.27. The van der Waals surface area contributed by atoms with Gasteiger partial charge in [0.1, 0.15) is 5.82 Å². The summed E-state index contributed by atoms with van der Waals surface area (Å²) in [5, 5.41) is 0. The first-order chi connectivity index (χ1) is 8.20. The highest BCUT2D eigenvalue weighted by Crippen LogP contribution is 2.21. The summed E-state index contributed by atoms with van der Waals surface area (Å²) in [6, 6.07) is 3.66. The second-order valence-electron chi connectivity index (χ2n) is 3.72. The molecule has 1 rings (SSSR count). The van der Waals surface area contributed by atoms with Crippen LogP contribution in [0.5, 0.6) is 0 Å². The molecule has 0 fully saturated rings. The summed E-state index contributed by atoms with van der Waals surface area (Å²) in [7, 11) is 1.24. The van der Waals surface area contributed by atoms with Gasteiger partial charge in [-0.25, -0.2) is 4.39 Å². The van der Waals surface area contributed by atoms with E-state index in [4.69, 9.17) is 0 Å². The third-order valence-electron chi connectivity index (χ3n) is 2.24. The number of amides is 1. The van der Waals surface area contributed by atoms with Crippen LogP contribution in [0, 0.1) is 5.82 Å². The molecule has 7 heteroatoms. The fraction of sp³-hybridized carbons (Fsp3) is 0.364. The van der Waals surface area contributed by atoms with Gasteiger partial charge >= 0.3 is 6.18 Å². The summed E-state index contributed by atoms with van der Waals surface area (Å²) < 4.78 is 49.4. The Bertz CT molecular complexity index is 447. The summed E-state index contributed by atoms with van der Waals surface area (Å²) in [6.07, 6.45) is -5.41. The Kier molecular flexibility index (Phi) is 4.72. The third kappa shape index (κ3) is 4.29. The molecule has 18 heavy (non-hydrogen) atoms. The van der Waals surface area contributed by atoms with Crippen LogP contribution < -0.4 is 0 Å². The first kappa shape index (κ1) is 14.9. The van der Waals surface area contributed by atoms with Gasteiger partial charge < -0.3 is 4.90 Å². The van der Waals surface area contributed by atoms with E-state index >= 15 is 0 Å². The molecular formula is C11H10BrF4NO. The standard InChI is InChI=1S/C11H10BrF4NO/c1-17(5-4-11(14,15)16)10(18)7-2-3-8(12)9(13)6-7/h2-3,6H,4-5H2,1H3. The first-order valence-corrected chi connectivity index (χ1v) is 5.77. The molecule has 0 atom stereocenters. The molecule has 0 saturated carbocycles. The van der Waals surface area contributed by atoms with E-state index in [1.165, 1.54) is 19.2 Å². The lowest BCUT2D eigenvalue weighted by Crippen LogP contribution is -2.30. The molecule has 0 N–H and O–H groups in total. The second kappa shape index (κ2) is 5.69. The van der Waals surface area contributed by atoms with Gasteiger partial charge in [-0.15, -0.1) is 0 Å². The summed E-state index contributed by atoms with van der Waals surface area (Å²) in [5.74, 6) is -1.28. The van der Waals surface area contributed by atoms with Crippen molar-refractivity contribution in [3.05, 3.63) is 34.1 Å². The van der Waals surface area contributed by atoms with Crippen molar-refractivity contribution in [3.8, 4) is 0 Å². The zero-order valence-corrected chi connectivity index (χ0v) is 11.0. The van der Waals surface area contributed by atoms with Crippen LogP contribution in [-0.2, 0) is 0 Å². The number of hydrogen-bond acceptors (Lipinski definition) is 1. The number of halogens is 5. The van der Waals surface area contributed by atoms with Gasteiger partial charge in [0.05, 0.1) is 10.9 Å². The number of carbonyl (C=O) groups excluding carboxylic acids is 1. The van der Waals surface area contributed by atoms with Gasteiger partial charge in [0.2, 0.25) is 0 Å². The van der Waals surface area contributed by atoms with E-state index in [-0.39, 0.29) is 10.0 Å². The van der Waals surface area contributed by atoms with Crippen LogP contribution in [0.3, 0.4) is 0 Å². The van der Waals surface area contributed by atoms with Crippen LogP contribution >= 0.6 is 15.9 Å². The average molecular weight is 328 g/mol. The van der Waals surface area contributed by atoms with Crippen LogP contribution in [0.1, 0.15) is 16.8 Å². The van der Waals surface area contributed by atoms with E-state index in [1.54, 1.807) is 0 Å². The maximum atomic E-state index is 13.2. The van der Waals surface area contributed by atoms with Gasteiger partial charge in [0.15, 0.2) is 0 Å². The van der Waals surface area contributed by atoms with Gasteiger partial charge in [-0.1, -0.05) is 0 Å². The van der Waals surface area contributed by atoms with Crippen molar-refractivity contribution >= 4 is 21.8 Å². The Morgan fingerprint density at radius 3 is 2.50 bits per heavy atom. The number of alkyl halides is 3. The van der Waals surface area contributed by atoms with Crippen molar-refractivity contribution in [2.45, 2.75) is 12.6 Å². The number of hydrogen-bond donors (Lipinski definition) is 0. The van der Waals surface area contributed by atoms with Crippen molar-refractivity contribution in [2.24, 2.45) is 0 Å². The van der Waals surface area contributed by atoms with Gasteiger partial charge in [0.25, 0.3) is 5.91 Å². The van der Waals surface area contributed by atoms with Crippen LogP contribution in [0.4, 0.5) is 17.6 Å². The number of carbonyl (C=O) groups is 1. The highest BCUT2D eigenvalue weighted by molar-refractivity contribution is 9.10. The zero-order valence-electron chi connectivity index (χ0n) is 9.39. The Hall–Kier alpha value is -1.11. The summed E-state index contributed by atoms with van der Waals surface area (Å²) >= 11 is 2.92. The fourth-order valence-electron chi connectivity index (χ4n) is 1.25. The lowest BCUT2D eigenvalue weighted by Gasteiger charge is -2.18. The molecule has 0 aliphatic rings. The van der Waals surface area contributed by atoms with Crippen LogP contribution in [-0.4, -0.2) is 30.6 Å². The van der Waals surface area contributed by atoms with Crippen LogP contribution in [0.15, 0.2) is 22.7 Å². The number of nitrogens with zero attached hydrogens (tertiary/aromatic N) is 1. The topological polar surface area (TPSA) is 20.3 Å². The van der Waals surface area contributed by atoms with Crippen molar-refractivity contribution < 1.29 is 22.4 Å². The summed E-state index contributed by atoms with van der Waals surface area (Å²) in [5.41, 5.74) is 0.0142. The smallest absolute Gasteiger partial charge is 0.341 e. The molecule has 2 nitrogen and oxygen atoms in total. The van der Waals surface area contributed by atoms with Gasteiger partial charge in [0, 0.05) is 19.2 Å². The SMILES string of the molecule is CN(CCC(F)(F)F)C(=O)c1ccc(Br)c(F)c1. The minimum atomic E-state index is -4.32. The molecule has 0 aliphatic heterocycles. The van der Waals surface area contributed by atoms with Crippen molar-refractivity contribution in [2.75, 3.05) is 13.6 Å². The molecule has 100 valence electrons. The van der Waals surface area contributed by atoms with Crippen molar-refractivity contribution in [1.82, 2.24) is 4.90 Å². The van der Waals surface area contributed by atoms with Gasteiger partial charge in [-0.05, 0) is 34.1 Å². The Labute approximate surface area is 110 Å². The van der Waals surface area contributed by atoms with Gasteiger partial charge in [-0.3, -0.25) is 4.79 Å². The largest absolute Gasteiger partial charge is 0.390 e. The molecule has 0 aliphatic carbocycles. The quantitative estimate of drug-likeness (QED) is 0.776. The number of benzene rings is 1. The van der Waals surface area contributed by atoms with E-state index in [1.807, 2.05) is 0 Å². The third-order valence-corrected chi connectivity index (χ3v) is 2.89. The first-order valence-electron chi connectivity index (χ1n) is 4.98. The zero-order chi connectivity index (χ0) is 13.9. The molecule has 0 heterocycles. The number of rotatable bonds is 3. The van der Waals surface area contributed by atoms with Crippen molar-refractivity contribution in [1.29, 1.82) is 0 Å². The van der Waals surface area contributed by atoms with Crippen LogP contribution in [0.2, 0.25) is 0 Å². The highest BCUT2D eigenvalue weighted by atomic mass is 79.9. The Balaban J connectivity index is 2.71. The molecule has 0 saturated heterocycles. The highest BCUT2D eigenvalue weighted by Gasteiger charge is 2.28. The summed E-state index contributed by atoms with van der Waals surface area (Å²) in [6.45, 7) is -0.458. The Morgan fingerprint density at radius 2 is 2.00 bits per heavy atom. The van der Waals surface area contributed by atoms with E-state index in [2.05, 4.69) is 15.9 Å². The van der Waals surface area contributed by atoms with E-state index in [0.717, 1.165) is 11.0 Å². The molecule has 0 bridgehead atoms. The molecular weight excluding hydrogens is 318 g/mol. The molecule has 0 aromatic heterocycles. The molecule has 0 radical (unpaired) electrons. The Morgan fingerprint density at radius 1 is 1.39 bits per heavy atom. The fourth-order valence-corrected chi connectivity index (χ4v) is 1.49. The maximum absolute atomic E-state index is 13.2. The predicted octanol–water partition coefficient (Wildman–Crippen LogP) is 3.61. The molecule has 0 spiro atoms. The van der Waals surface area contributed by atoms with E-state index in [9.17, 15) is 22.4 Å². The lowest BCUT2D eigenvalue weighted by molar-refractivity contribution is -0.136. The normalized spacial score (nSPS) is 11.4. The van der Waals surface area contributed by atoms with E-state index < -0.39 is 30.9 Å². The molecule has 1 aromatic carbocycles. The molecule has 1 amide bonds. The van der Waals surface area contributed by atoms with Crippen LogP contribution in [0.25, 0.3) is 0 Å². The monoisotopic (exact) mass is 327 g/mol. The van der Waals surface area contributed by atoms with Gasteiger partial charge in [-0.2, -0.15) is 13.2 Å².